The molecule has 9 heteroatoms. The first-order valence-corrected chi connectivity index (χ1v) is 12.7. The van der Waals surface area contributed by atoms with Crippen molar-refractivity contribution in [2.75, 3.05) is 26.7 Å². The molecule has 1 aliphatic heterocycles. The molecule has 0 aliphatic carbocycles. The fourth-order valence-corrected chi connectivity index (χ4v) is 5.86. The number of piperidine rings is 1. The molecule has 2 N–H and O–H groups in total. The number of sulfonamides is 1. The van der Waals surface area contributed by atoms with Crippen LogP contribution in [-0.2, 0) is 22.0 Å². The van der Waals surface area contributed by atoms with Crippen LogP contribution in [-0.4, -0.2) is 45.4 Å². The standard InChI is InChI=1S/C22H32N4O2S2.HI/c1-22(2,20-8-7-15-29-20)17-25-21(23-3)24-16-18-9-11-19(12-10-18)30(27,28)26-13-5-4-6-14-26;/h7-12,15H,4-6,13-14,16-17H2,1-3H3,(H2,23,24,25);1H. The molecule has 0 spiro atoms. The summed E-state index contributed by atoms with van der Waals surface area (Å²) in [6.07, 6.45) is 2.99. The summed E-state index contributed by atoms with van der Waals surface area (Å²) < 4.78 is 27.1. The lowest BCUT2D eigenvalue weighted by Gasteiger charge is -2.26. The Hall–Kier alpha value is -1.17. The van der Waals surface area contributed by atoms with Gasteiger partial charge in [0.25, 0.3) is 0 Å². The Kier molecular flexibility index (Phi) is 9.78. The molecular formula is C22H33IN4O2S2. The number of guanidine groups is 1. The van der Waals surface area contributed by atoms with Gasteiger partial charge in [0.2, 0.25) is 10.0 Å². The van der Waals surface area contributed by atoms with Gasteiger partial charge in [-0.1, -0.05) is 38.5 Å². The minimum absolute atomic E-state index is 0. The van der Waals surface area contributed by atoms with Crippen molar-refractivity contribution in [3.05, 3.63) is 52.2 Å². The third-order valence-electron chi connectivity index (χ3n) is 5.45. The molecule has 1 saturated heterocycles. The first kappa shape index (κ1) is 26.1. The third-order valence-corrected chi connectivity index (χ3v) is 8.59. The van der Waals surface area contributed by atoms with E-state index in [1.54, 1.807) is 34.8 Å². The maximum Gasteiger partial charge on any atom is 0.243 e. The van der Waals surface area contributed by atoms with Crippen molar-refractivity contribution in [1.29, 1.82) is 0 Å². The van der Waals surface area contributed by atoms with Crippen LogP contribution in [0.4, 0.5) is 0 Å². The van der Waals surface area contributed by atoms with Crippen molar-refractivity contribution in [3.8, 4) is 0 Å². The SMILES string of the molecule is CN=C(NCc1ccc(S(=O)(=O)N2CCCCC2)cc1)NCC(C)(C)c1cccs1.I. The lowest BCUT2D eigenvalue weighted by Crippen LogP contribution is -2.42. The van der Waals surface area contributed by atoms with Crippen LogP contribution >= 0.6 is 35.3 Å². The zero-order valence-electron chi connectivity index (χ0n) is 18.4. The summed E-state index contributed by atoms with van der Waals surface area (Å²) in [4.78, 5) is 6.00. The molecular weight excluding hydrogens is 543 g/mol. The Bertz CT molecular complexity index is 936. The van der Waals surface area contributed by atoms with Crippen molar-refractivity contribution in [2.24, 2.45) is 4.99 Å². The van der Waals surface area contributed by atoms with E-state index in [0.717, 1.165) is 37.3 Å². The van der Waals surface area contributed by atoms with Crippen molar-refractivity contribution in [1.82, 2.24) is 14.9 Å². The Morgan fingerprint density at radius 2 is 1.77 bits per heavy atom. The van der Waals surface area contributed by atoms with E-state index in [4.69, 9.17) is 0 Å². The number of benzene rings is 1. The minimum Gasteiger partial charge on any atom is -0.356 e. The normalized spacial score (nSPS) is 15.9. The molecule has 1 aliphatic rings. The molecule has 1 fully saturated rings. The van der Waals surface area contributed by atoms with E-state index in [1.165, 1.54) is 4.88 Å². The summed E-state index contributed by atoms with van der Waals surface area (Å²) in [5.41, 5.74) is 1.02. The molecule has 172 valence electrons. The molecule has 0 radical (unpaired) electrons. The van der Waals surface area contributed by atoms with E-state index in [1.807, 2.05) is 12.1 Å². The predicted octanol–water partition coefficient (Wildman–Crippen LogP) is 4.18. The fraction of sp³-hybridized carbons (Fsp3) is 0.500. The van der Waals surface area contributed by atoms with Crippen LogP contribution in [0.2, 0.25) is 0 Å². The lowest BCUT2D eigenvalue weighted by molar-refractivity contribution is 0.346. The van der Waals surface area contributed by atoms with Crippen LogP contribution in [0.15, 0.2) is 51.7 Å². The smallest absolute Gasteiger partial charge is 0.243 e. The predicted molar refractivity (Wildman–Crippen MR) is 140 cm³/mol. The Morgan fingerprint density at radius 3 is 2.35 bits per heavy atom. The molecule has 0 saturated carbocycles. The average Bonchev–Trinajstić information content (AvgIpc) is 3.31. The third kappa shape index (κ3) is 6.90. The van der Waals surface area contributed by atoms with Crippen LogP contribution in [0, 0.1) is 0 Å². The Morgan fingerprint density at radius 1 is 1.10 bits per heavy atom. The summed E-state index contributed by atoms with van der Waals surface area (Å²) >= 11 is 1.76. The largest absolute Gasteiger partial charge is 0.356 e. The van der Waals surface area contributed by atoms with Gasteiger partial charge in [-0.3, -0.25) is 4.99 Å². The summed E-state index contributed by atoms with van der Waals surface area (Å²) in [6.45, 7) is 7.00. The highest BCUT2D eigenvalue weighted by molar-refractivity contribution is 14.0. The van der Waals surface area contributed by atoms with Gasteiger partial charge in [-0.05, 0) is 42.0 Å². The van der Waals surface area contributed by atoms with Crippen molar-refractivity contribution in [3.63, 3.8) is 0 Å². The zero-order valence-corrected chi connectivity index (χ0v) is 22.4. The average molecular weight is 577 g/mol. The van der Waals surface area contributed by atoms with Gasteiger partial charge in [-0.15, -0.1) is 35.3 Å². The van der Waals surface area contributed by atoms with E-state index < -0.39 is 10.0 Å². The Labute approximate surface area is 207 Å². The van der Waals surface area contributed by atoms with E-state index in [2.05, 4.69) is 47.0 Å². The number of halogens is 1. The molecule has 2 aromatic rings. The molecule has 0 unspecified atom stereocenters. The maximum atomic E-state index is 12.8. The van der Waals surface area contributed by atoms with Crippen LogP contribution < -0.4 is 10.6 Å². The first-order chi connectivity index (χ1) is 14.3. The molecule has 6 nitrogen and oxygen atoms in total. The summed E-state index contributed by atoms with van der Waals surface area (Å²) in [6, 6.07) is 11.4. The van der Waals surface area contributed by atoms with Gasteiger partial charge in [0.1, 0.15) is 0 Å². The second-order valence-electron chi connectivity index (χ2n) is 8.25. The quantitative estimate of drug-likeness (QED) is 0.295. The summed E-state index contributed by atoms with van der Waals surface area (Å²) in [5, 5.41) is 8.79. The molecule has 2 heterocycles. The van der Waals surface area contributed by atoms with Crippen LogP contribution in [0.1, 0.15) is 43.6 Å². The number of thiophene rings is 1. The minimum atomic E-state index is -3.38. The zero-order chi connectivity index (χ0) is 21.6. The molecule has 0 bridgehead atoms. The van der Waals surface area contributed by atoms with Gasteiger partial charge >= 0.3 is 0 Å². The molecule has 0 atom stereocenters. The number of hydrogen-bond donors (Lipinski definition) is 2. The van der Waals surface area contributed by atoms with E-state index in [9.17, 15) is 8.42 Å². The second kappa shape index (κ2) is 11.6. The summed E-state index contributed by atoms with van der Waals surface area (Å²) in [7, 11) is -1.63. The van der Waals surface area contributed by atoms with Gasteiger partial charge in [-0.2, -0.15) is 4.31 Å². The van der Waals surface area contributed by atoms with Crippen LogP contribution in [0.3, 0.4) is 0 Å². The van der Waals surface area contributed by atoms with Crippen LogP contribution in [0.25, 0.3) is 0 Å². The molecule has 0 amide bonds. The van der Waals surface area contributed by atoms with Crippen molar-refractivity contribution in [2.45, 2.75) is 50.0 Å². The monoisotopic (exact) mass is 576 g/mol. The van der Waals surface area contributed by atoms with Crippen LogP contribution in [0.5, 0.6) is 0 Å². The number of nitrogens with one attached hydrogen (secondary N) is 2. The Balaban J connectivity index is 0.00000341. The second-order valence-corrected chi connectivity index (χ2v) is 11.1. The molecule has 31 heavy (non-hydrogen) atoms. The molecule has 3 rings (SSSR count). The van der Waals surface area contributed by atoms with Crippen molar-refractivity contribution < 1.29 is 8.42 Å². The lowest BCUT2D eigenvalue weighted by atomic mass is 9.91. The van der Waals surface area contributed by atoms with Gasteiger partial charge < -0.3 is 10.6 Å². The molecule has 1 aromatic carbocycles. The summed E-state index contributed by atoms with van der Waals surface area (Å²) in [5.74, 6) is 0.727. The van der Waals surface area contributed by atoms with Gasteiger partial charge in [0, 0.05) is 43.5 Å². The van der Waals surface area contributed by atoms with Gasteiger partial charge in [0.05, 0.1) is 4.90 Å². The van der Waals surface area contributed by atoms with Crippen molar-refractivity contribution >= 4 is 51.3 Å². The van der Waals surface area contributed by atoms with E-state index >= 15 is 0 Å². The number of aliphatic imine (C=N–C) groups is 1. The number of nitrogens with zero attached hydrogens (tertiary/aromatic N) is 2. The van der Waals surface area contributed by atoms with E-state index in [-0.39, 0.29) is 29.4 Å². The van der Waals surface area contributed by atoms with Gasteiger partial charge in [0.15, 0.2) is 5.96 Å². The first-order valence-electron chi connectivity index (χ1n) is 10.4. The maximum absolute atomic E-state index is 12.8. The van der Waals surface area contributed by atoms with Gasteiger partial charge in [-0.25, -0.2) is 8.42 Å². The highest BCUT2D eigenvalue weighted by Crippen LogP contribution is 2.26. The fourth-order valence-electron chi connectivity index (χ4n) is 3.50. The molecule has 1 aromatic heterocycles. The van der Waals surface area contributed by atoms with E-state index in [0.29, 0.717) is 24.5 Å². The topological polar surface area (TPSA) is 73.8 Å². The highest BCUT2D eigenvalue weighted by Gasteiger charge is 2.25. The number of rotatable bonds is 7. The highest BCUT2D eigenvalue weighted by atomic mass is 127. The number of hydrogen-bond acceptors (Lipinski definition) is 4.